The number of aromatic nitrogens is 2. The zero-order valence-corrected chi connectivity index (χ0v) is 19.1. The van der Waals surface area contributed by atoms with Crippen LogP contribution >= 0.6 is 11.6 Å². The minimum atomic E-state index is -0.304. The molecule has 2 aliphatic heterocycles. The number of fused-ring (bicyclic) bond motifs is 1. The first-order valence-electron chi connectivity index (χ1n) is 11.1. The number of halogens is 1. The summed E-state index contributed by atoms with van der Waals surface area (Å²) in [5.74, 6) is 0.0255. The molecule has 1 saturated heterocycles. The van der Waals surface area contributed by atoms with Crippen LogP contribution in [-0.2, 0) is 11.3 Å². The van der Waals surface area contributed by atoms with Crippen molar-refractivity contribution >= 4 is 23.2 Å². The molecule has 2 aromatic carbocycles. The monoisotopic (exact) mass is 450 g/mol. The molecule has 0 aliphatic carbocycles. The standard InChI is InChI=1S/C25H27ClN4O2/c1-16-23(17(2)30(28-16)14-18-8-3-5-11-21(18)26)24-27-22-12-6-4-10-20(22)25(31)29(24)15-19-9-7-13-32-19/h3-6,8,10-12,19,24,27H,7,9,13-15H2,1-2H3. The number of amides is 1. The molecule has 32 heavy (non-hydrogen) atoms. The van der Waals surface area contributed by atoms with Crippen molar-refractivity contribution in [1.82, 2.24) is 14.7 Å². The molecule has 5 rings (SSSR count). The second-order valence-electron chi connectivity index (χ2n) is 8.52. The first kappa shape index (κ1) is 21.0. The normalized spacial score (nSPS) is 20.3. The molecular weight excluding hydrogens is 424 g/mol. The maximum absolute atomic E-state index is 13.5. The van der Waals surface area contributed by atoms with Gasteiger partial charge in [0.25, 0.3) is 5.91 Å². The van der Waals surface area contributed by atoms with Gasteiger partial charge < -0.3 is 15.0 Å². The van der Waals surface area contributed by atoms with E-state index in [0.29, 0.717) is 18.7 Å². The molecule has 1 N–H and O–H groups in total. The van der Waals surface area contributed by atoms with Gasteiger partial charge in [-0.2, -0.15) is 5.10 Å². The molecule has 6 nitrogen and oxygen atoms in total. The summed E-state index contributed by atoms with van der Waals surface area (Å²) in [6.07, 6.45) is 1.77. The number of para-hydroxylation sites is 1. The molecule has 0 bridgehead atoms. The van der Waals surface area contributed by atoms with Crippen LogP contribution in [0.1, 0.15) is 51.9 Å². The SMILES string of the molecule is Cc1nn(Cc2ccccc2Cl)c(C)c1C1Nc2ccccc2C(=O)N1CC1CCCO1. The molecule has 0 radical (unpaired) electrons. The van der Waals surface area contributed by atoms with Crippen molar-refractivity contribution in [1.29, 1.82) is 0 Å². The average molecular weight is 451 g/mol. The van der Waals surface area contributed by atoms with E-state index < -0.39 is 0 Å². The molecule has 3 aromatic rings. The fraction of sp³-hybridized carbons (Fsp3) is 0.360. The van der Waals surface area contributed by atoms with Gasteiger partial charge in [0.05, 0.1) is 23.9 Å². The van der Waals surface area contributed by atoms with E-state index in [4.69, 9.17) is 21.4 Å². The quantitative estimate of drug-likeness (QED) is 0.597. The zero-order valence-electron chi connectivity index (χ0n) is 18.3. The van der Waals surface area contributed by atoms with Crippen LogP contribution in [0.25, 0.3) is 0 Å². The number of nitrogens with zero attached hydrogens (tertiary/aromatic N) is 3. The van der Waals surface area contributed by atoms with Gasteiger partial charge >= 0.3 is 0 Å². The second-order valence-corrected chi connectivity index (χ2v) is 8.93. The Labute approximate surface area is 193 Å². The first-order chi connectivity index (χ1) is 15.5. The largest absolute Gasteiger partial charge is 0.376 e. The first-order valence-corrected chi connectivity index (χ1v) is 11.5. The van der Waals surface area contributed by atoms with Gasteiger partial charge in [0.15, 0.2) is 0 Å². The van der Waals surface area contributed by atoms with Crippen LogP contribution in [0.2, 0.25) is 5.02 Å². The van der Waals surface area contributed by atoms with E-state index >= 15 is 0 Å². The Bertz CT molecular complexity index is 1150. The average Bonchev–Trinajstić information content (AvgIpc) is 3.40. The lowest BCUT2D eigenvalue weighted by Crippen LogP contribution is -2.46. The maximum atomic E-state index is 13.5. The van der Waals surface area contributed by atoms with Crippen LogP contribution in [0.5, 0.6) is 0 Å². The van der Waals surface area contributed by atoms with Crippen molar-refractivity contribution in [2.24, 2.45) is 0 Å². The molecule has 1 fully saturated rings. The molecule has 0 spiro atoms. The van der Waals surface area contributed by atoms with E-state index in [1.54, 1.807) is 0 Å². The highest BCUT2D eigenvalue weighted by Gasteiger charge is 2.37. The molecule has 2 unspecified atom stereocenters. The highest BCUT2D eigenvalue weighted by Crippen LogP contribution is 2.36. The molecule has 3 heterocycles. The molecule has 1 aromatic heterocycles. The van der Waals surface area contributed by atoms with Crippen LogP contribution < -0.4 is 5.32 Å². The molecular formula is C25H27ClN4O2. The minimum absolute atomic E-state index is 0.0255. The van der Waals surface area contributed by atoms with Crippen molar-refractivity contribution in [2.45, 2.75) is 45.5 Å². The van der Waals surface area contributed by atoms with Gasteiger partial charge in [-0.05, 0) is 50.5 Å². The van der Waals surface area contributed by atoms with E-state index in [9.17, 15) is 4.79 Å². The maximum Gasteiger partial charge on any atom is 0.257 e. The number of hydrogen-bond donors (Lipinski definition) is 1. The zero-order chi connectivity index (χ0) is 22.2. The van der Waals surface area contributed by atoms with Crippen LogP contribution in [0.15, 0.2) is 48.5 Å². The Morgan fingerprint density at radius 2 is 1.94 bits per heavy atom. The van der Waals surface area contributed by atoms with Crippen LogP contribution in [0, 0.1) is 13.8 Å². The summed E-state index contributed by atoms with van der Waals surface area (Å²) in [5, 5.41) is 9.15. The van der Waals surface area contributed by atoms with Crippen molar-refractivity contribution < 1.29 is 9.53 Å². The Hall–Kier alpha value is -2.83. The van der Waals surface area contributed by atoms with E-state index in [1.165, 1.54) is 0 Å². The van der Waals surface area contributed by atoms with Crippen molar-refractivity contribution in [2.75, 3.05) is 18.5 Å². The van der Waals surface area contributed by atoms with Gasteiger partial charge in [-0.25, -0.2) is 0 Å². The lowest BCUT2D eigenvalue weighted by molar-refractivity contribution is 0.0425. The molecule has 2 atom stereocenters. The number of nitrogens with one attached hydrogen (secondary N) is 1. The third kappa shape index (κ3) is 3.78. The van der Waals surface area contributed by atoms with Crippen LogP contribution in [0.4, 0.5) is 5.69 Å². The fourth-order valence-electron chi connectivity index (χ4n) is 4.77. The van der Waals surface area contributed by atoms with Crippen molar-refractivity contribution in [3.05, 3.63) is 81.6 Å². The summed E-state index contributed by atoms with van der Waals surface area (Å²) >= 11 is 6.40. The second kappa shape index (κ2) is 8.60. The van der Waals surface area contributed by atoms with Crippen LogP contribution in [0.3, 0.4) is 0 Å². The van der Waals surface area contributed by atoms with Gasteiger partial charge in [-0.1, -0.05) is 41.9 Å². The number of rotatable bonds is 5. The summed E-state index contributed by atoms with van der Waals surface area (Å²) in [4.78, 5) is 15.5. The number of carbonyl (C=O) groups is 1. The number of carbonyl (C=O) groups excluding carboxylic acids is 1. The summed E-state index contributed by atoms with van der Waals surface area (Å²) in [5.41, 5.74) is 5.50. The molecule has 2 aliphatic rings. The van der Waals surface area contributed by atoms with Crippen molar-refractivity contribution in [3.63, 3.8) is 0 Å². The summed E-state index contributed by atoms with van der Waals surface area (Å²) in [7, 11) is 0. The molecule has 166 valence electrons. The molecule has 1 amide bonds. The van der Waals surface area contributed by atoms with E-state index in [2.05, 4.69) is 12.2 Å². The predicted octanol–water partition coefficient (Wildman–Crippen LogP) is 4.95. The highest BCUT2D eigenvalue weighted by atomic mass is 35.5. The summed E-state index contributed by atoms with van der Waals surface area (Å²) < 4.78 is 7.85. The topological polar surface area (TPSA) is 59.4 Å². The molecule has 7 heteroatoms. The number of hydrogen-bond acceptors (Lipinski definition) is 4. The Kier molecular flexibility index (Phi) is 5.66. The molecule has 0 saturated carbocycles. The van der Waals surface area contributed by atoms with Gasteiger partial charge in [0, 0.05) is 35.1 Å². The minimum Gasteiger partial charge on any atom is -0.376 e. The smallest absolute Gasteiger partial charge is 0.257 e. The van der Waals surface area contributed by atoms with E-state index in [0.717, 1.165) is 52.7 Å². The number of anilines is 1. The predicted molar refractivity (Wildman–Crippen MR) is 125 cm³/mol. The third-order valence-corrected chi connectivity index (χ3v) is 6.80. The summed E-state index contributed by atoms with van der Waals surface area (Å²) in [6, 6.07) is 15.5. The van der Waals surface area contributed by atoms with Gasteiger partial charge in [-0.15, -0.1) is 0 Å². The Balaban J connectivity index is 1.53. The number of benzene rings is 2. The number of aryl methyl sites for hydroxylation is 1. The van der Waals surface area contributed by atoms with Crippen molar-refractivity contribution in [3.8, 4) is 0 Å². The lowest BCUT2D eigenvalue weighted by atomic mass is 10.0. The Morgan fingerprint density at radius 3 is 2.72 bits per heavy atom. The van der Waals surface area contributed by atoms with E-state index in [1.807, 2.05) is 65.0 Å². The van der Waals surface area contributed by atoms with Gasteiger partial charge in [0.2, 0.25) is 0 Å². The third-order valence-electron chi connectivity index (χ3n) is 6.44. The van der Waals surface area contributed by atoms with Gasteiger partial charge in [-0.3, -0.25) is 9.48 Å². The summed E-state index contributed by atoms with van der Waals surface area (Å²) in [6.45, 7) is 5.95. The van der Waals surface area contributed by atoms with Crippen LogP contribution in [-0.4, -0.2) is 39.8 Å². The van der Waals surface area contributed by atoms with Gasteiger partial charge in [0.1, 0.15) is 6.17 Å². The lowest BCUT2D eigenvalue weighted by Gasteiger charge is -2.39. The Morgan fingerprint density at radius 1 is 1.16 bits per heavy atom. The van der Waals surface area contributed by atoms with E-state index in [-0.39, 0.29) is 18.2 Å². The highest BCUT2D eigenvalue weighted by molar-refractivity contribution is 6.31. The number of ether oxygens (including phenoxy) is 1. The fourth-order valence-corrected chi connectivity index (χ4v) is 4.96.